The SMILES string of the molecule is CN=Cc1ccc(Oc2cccc(O)c2)cc1C(F)(F)F. The van der Waals surface area contributed by atoms with Crippen LogP contribution in [0.2, 0.25) is 0 Å². The highest BCUT2D eigenvalue weighted by molar-refractivity contribution is 5.82. The molecule has 0 saturated carbocycles. The molecule has 2 rings (SSSR count). The topological polar surface area (TPSA) is 41.8 Å². The first kappa shape index (κ1) is 14.9. The Hall–Kier alpha value is -2.50. The highest BCUT2D eigenvalue weighted by atomic mass is 19.4. The third-order valence-electron chi connectivity index (χ3n) is 2.65. The summed E-state index contributed by atoms with van der Waals surface area (Å²) in [7, 11) is 1.40. The Morgan fingerprint density at radius 3 is 2.43 bits per heavy atom. The number of aromatic hydroxyl groups is 1. The maximum Gasteiger partial charge on any atom is 0.417 e. The van der Waals surface area contributed by atoms with Gasteiger partial charge in [0.2, 0.25) is 0 Å². The maximum atomic E-state index is 13.0. The van der Waals surface area contributed by atoms with Crippen molar-refractivity contribution >= 4 is 6.21 Å². The number of ether oxygens (including phenoxy) is 1. The van der Waals surface area contributed by atoms with Gasteiger partial charge in [0.25, 0.3) is 0 Å². The van der Waals surface area contributed by atoms with Crippen molar-refractivity contribution in [3.05, 3.63) is 53.6 Å². The monoisotopic (exact) mass is 295 g/mol. The first-order valence-electron chi connectivity index (χ1n) is 6.00. The second kappa shape index (κ2) is 5.87. The first-order valence-corrected chi connectivity index (χ1v) is 6.00. The Labute approximate surface area is 119 Å². The van der Waals surface area contributed by atoms with E-state index in [2.05, 4.69) is 4.99 Å². The van der Waals surface area contributed by atoms with Gasteiger partial charge in [0.15, 0.2) is 0 Å². The summed E-state index contributed by atoms with van der Waals surface area (Å²) in [6.07, 6.45) is -3.37. The molecule has 0 aliphatic carbocycles. The molecule has 0 unspecified atom stereocenters. The molecule has 110 valence electrons. The molecule has 21 heavy (non-hydrogen) atoms. The zero-order chi connectivity index (χ0) is 15.5. The highest BCUT2D eigenvalue weighted by Crippen LogP contribution is 2.35. The van der Waals surface area contributed by atoms with Gasteiger partial charge in [-0.05, 0) is 30.3 Å². The molecule has 0 aliphatic heterocycles. The summed E-state index contributed by atoms with van der Waals surface area (Å²) in [5.41, 5.74) is -0.862. The molecular weight excluding hydrogens is 283 g/mol. The fourth-order valence-electron chi connectivity index (χ4n) is 1.78. The molecule has 0 amide bonds. The van der Waals surface area contributed by atoms with Gasteiger partial charge in [-0.25, -0.2) is 0 Å². The van der Waals surface area contributed by atoms with E-state index < -0.39 is 11.7 Å². The summed E-state index contributed by atoms with van der Waals surface area (Å²) >= 11 is 0. The van der Waals surface area contributed by atoms with Crippen molar-refractivity contribution < 1.29 is 23.0 Å². The van der Waals surface area contributed by atoms with Crippen LogP contribution in [0.5, 0.6) is 17.2 Å². The van der Waals surface area contributed by atoms with E-state index in [1.165, 1.54) is 43.4 Å². The molecule has 0 spiro atoms. The summed E-state index contributed by atoms with van der Waals surface area (Å²) in [6.45, 7) is 0. The maximum absolute atomic E-state index is 13.0. The van der Waals surface area contributed by atoms with Crippen molar-refractivity contribution in [3.8, 4) is 17.2 Å². The molecular formula is C15H12F3NO2. The van der Waals surface area contributed by atoms with Crippen molar-refractivity contribution in [3.63, 3.8) is 0 Å². The van der Waals surface area contributed by atoms with E-state index in [-0.39, 0.29) is 22.8 Å². The summed E-state index contributed by atoms with van der Waals surface area (Å²) in [6, 6.07) is 9.43. The van der Waals surface area contributed by atoms with Crippen LogP contribution < -0.4 is 4.74 Å². The fraction of sp³-hybridized carbons (Fsp3) is 0.133. The van der Waals surface area contributed by atoms with E-state index in [0.717, 1.165) is 12.3 Å². The highest BCUT2D eigenvalue weighted by Gasteiger charge is 2.33. The van der Waals surface area contributed by atoms with Gasteiger partial charge >= 0.3 is 6.18 Å². The third kappa shape index (κ3) is 3.75. The minimum atomic E-state index is -4.51. The second-order valence-corrected chi connectivity index (χ2v) is 4.23. The van der Waals surface area contributed by atoms with Crippen LogP contribution in [-0.4, -0.2) is 18.4 Å². The Kier molecular flexibility index (Phi) is 4.16. The zero-order valence-corrected chi connectivity index (χ0v) is 11.1. The van der Waals surface area contributed by atoms with Crippen LogP contribution in [0.15, 0.2) is 47.5 Å². The number of phenols is 1. The second-order valence-electron chi connectivity index (χ2n) is 4.23. The minimum absolute atomic E-state index is 0.0289. The molecule has 0 bridgehead atoms. The molecule has 0 atom stereocenters. The minimum Gasteiger partial charge on any atom is -0.508 e. The standard InChI is InChI=1S/C15H12F3NO2/c1-19-9-10-5-6-13(8-14(10)15(16,17)18)21-12-4-2-3-11(20)7-12/h2-9,20H,1H3. The summed E-state index contributed by atoms with van der Waals surface area (Å²) in [4.78, 5) is 3.61. The van der Waals surface area contributed by atoms with Gasteiger partial charge in [-0.1, -0.05) is 6.07 Å². The number of aliphatic imine (C=N–C) groups is 1. The van der Waals surface area contributed by atoms with E-state index in [0.29, 0.717) is 0 Å². The Balaban J connectivity index is 2.38. The number of halogens is 3. The van der Waals surface area contributed by atoms with E-state index in [1.807, 2.05) is 0 Å². The Morgan fingerprint density at radius 2 is 1.81 bits per heavy atom. The number of benzene rings is 2. The van der Waals surface area contributed by atoms with Crippen LogP contribution in [0.3, 0.4) is 0 Å². The van der Waals surface area contributed by atoms with Crippen molar-refractivity contribution in [1.82, 2.24) is 0 Å². The van der Waals surface area contributed by atoms with Crippen molar-refractivity contribution in [2.45, 2.75) is 6.18 Å². The molecule has 0 aromatic heterocycles. The Bertz CT molecular complexity index is 666. The van der Waals surface area contributed by atoms with Gasteiger partial charge in [-0.15, -0.1) is 0 Å². The zero-order valence-electron chi connectivity index (χ0n) is 11.1. The van der Waals surface area contributed by atoms with Crippen LogP contribution in [-0.2, 0) is 6.18 Å². The van der Waals surface area contributed by atoms with Crippen LogP contribution >= 0.6 is 0 Å². The number of rotatable bonds is 3. The third-order valence-corrected chi connectivity index (χ3v) is 2.65. The van der Waals surface area contributed by atoms with Gasteiger partial charge < -0.3 is 9.84 Å². The molecule has 3 nitrogen and oxygen atoms in total. The van der Waals surface area contributed by atoms with E-state index in [4.69, 9.17) is 4.74 Å². The lowest BCUT2D eigenvalue weighted by atomic mass is 10.1. The largest absolute Gasteiger partial charge is 0.508 e. The number of nitrogens with zero attached hydrogens (tertiary/aromatic N) is 1. The Morgan fingerprint density at radius 1 is 1.10 bits per heavy atom. The number of hydrogen-bond donors (Lipinski definition) is 1. The average molecular weight is 295 g/mol. The molecule has 2 aromatic carbocycles. The summed E-state index contributed by atoms with van der Waals surface area (Å²) < 4.78 is 44.3. The van der Waals surface area contributed by atoms with Crippen LogP contribution in [0.25, 0.3) is 0 Å². The molecule has 0 fully saturated rings. The van der Waals surface area contributed by atoms with E-state index >= 15 is 0 Å². The molecule has 0 radical (unpaired) electrons. The molecule has 6 heteroatoms. The summed E-state index contributed by atoms with van der Waals surface area (Å²) in [5.74, 6) is 0.250. The van der Waals surface area contributed by atoms with Crippen LogP contribution in [0, 0.1) is 0 Å². The van der Waals surface area contributed by atoms with Crippen molar-refractivity contribution in [2.75, 3.05) is 7.05 Å². The molecule has 0 heterocycles. The van der Waals surface area contributed by atoms with Crippen molar-refractivity contribution in [2.24, 2.45) is 4.99 Å². The van der Waals surface area contributed by atoms with E-state index in [9.17, 15) is 18.3 Å². The predicted octanol–water partition coefficient (Wildman–Crippen LogP) is 4.25. The van der Waals surface area contributed by atoms with Gasteiger partial charge in [0.05, 0.1) is 5.56 Å². The molecule has 2 aromatic rings. The van der Waals surface area contributed by atoms with Crippen LogP contribution in [0.1, 0.15) is 11.1 Å². The normalized spacial score (nSPS) is 11.8. The van der Waals surface area contributed by atoms with Gasteiger partial charge in [-0.3, -0.25) is 4.99 Å². The van der Waals surface area contributed by atoms with E-state index in [1.54, 1.807) is 0 Å². The number of hydrogen-bond acceptors (Lipinski definition) is 3. The quantitative estimate of drug-likeness (QED) is 0.860. The lowest BCUT2D eigenvalue weighted by Crippen LogP contribution is -2.09. The lowest BCUT2D eigenvalue weighted by Gasteiger charge is -2.13. The first-order chi connectivity index (χ1) is 9.90. The average Bonchev–Trinajstić information content (AvgIpc) is 2.39. The molecule has 1 N–H and O–H groups in total. The molecule has 0 saturated heterocycles. The number of phenolic OH excluding ortho intramolecular Hbond substituents is 1. The summed E-state index contributed by atoms with van der Waals surface area (Å²) in [5, 5.41) is 9.31. The lowest BCUT2D eigenvalue weighted by molar-refractivity contribution is -0.137. The fourth-order valence-corrected chi connectivity index (χ4v) is 1.78. The predicted molar refractivity (Wildman–Crippen MR) is 73.1 cm³/mol. The molecule has 0 aliphatic rings. The van der Waals surface area contributed by atoms with Crippen molar-refractivity contribution in [1.29, 1.82) is 0 Å². The smallest absolute Gasteiger partial charge is 0.417 e. The van der Waals surface area contributed by atoms with Gasteiger partial charge in [-0.2, -0.15) is 13.2 Å². The van der Waals surface area contributed by atoms with Crippen LogP contribution in [0.4, 0.5) is 13.2 Å². The number of alkyl halides is 3. The van der Waals surface area contributed by atoms with Gasteiger partial charge in [0.1, 0.15) is 17.2 Å². The van der Waals surface area contributed by atoms with Gasteiger partial charge in [0, 0.05) is 24.9 Å².